The Kier molecular flexibility index (Phi) is 19.4. The summed E-state index contributed by atoms with van der Waals surface area (Å²) in [6.07, 6.45) is 23.9. The largest absolute Gasteiger partial charge is 0.446 e. The van der Waals surface area contributed by atoms with E-state index in [9.17, 15) is 9.59 Å². The van der Waals surface area contributed by atoms with Gasteiger partial charge in [-0.25, -0.2) is 14.3 Å². The van der Waals surface area contributed by atoms with Gasteiger partial charge in [0.05, 0.1) is 19.3 Å². The smallest absolute Gasteiger partial charge is 0.417 e. The topological polar surface area (TPSA) is 69.0 Å². The van der Waals surface area contributed by atoms with Crippen LogP contribution in [0.25, 0.3) is 0 Å². The minimum Gasteiger partial charge on any atom is -0.446 e. The van der Waals surface area contributed by atoms with Crippen molar-refractivity contribution in [3.8, 4) is 0 Å². The number of imide groups is 1. The van der Waals surface area contributed by atoms with Crippen LogP contribution in [0, 0.1) is 5.92 Å². The molecule has 1 aliphatic heterocycles. The molecule has 0 N–H and O–H groups in total. The van der Waals surface area contributed by atoms with Gasteiger partial charge < -0.3 is 14.2 Å². The summed E-state index contributed by atoms with van der Waals surface area (Å²) in [4.78, 5) is 25.8. The quantitative estimate of drug-likeness (QED) is 0.0989. The second kappa shape index (κ2) is 22.6. The van der Waals surface area contributed by atoms with Gasteiger partial charge in [-0.15, -0.1) is 0 Å². The van der Waals surface area contributed by atoms with Crippen molar-refractivity contribution in [2.75, 3.05) is 26.4 Å². The monoisotopic (exact) mass is 575 g/mol. The van der Waals surface area contributed by atoms with E-state index in [4.69, 9.17) is 14.2 Å². The lowest BCUT2D eigenvalue weighted by molar-refractivity contribution is -0.679. The Morgan fingerprint density at radius 1 is 0.878 bits per heavy atom. The lowest BCUT2D eigenvalue weighted by atomic mass is 10.0. The van der Waals surface area contributed by atoms with E-state index in [1.807, 2.05) is 36.0 Å². The average molecular weight is 576 g/mol. The number of unbranched alkanes of at least 4 members (excludes halogenated alkanes) is 15. The molecule has 2 amide bonds. The van der Waals surface area contributed by atoms with Crippen molar-refractivity contribution in [1.82, 2.24) is 4.90 Å². The number of hydrogen-bond acceptors (Lipinski definition) is 5. The van der Waals surface area contributed by atoms with Gasteiger partial charge in [0.25, 0.3) is 0 Å². The standard InChI is InChI=1S/C34H59N2O5/c1-4-5-6-7-8-9-10-11-12-13-14-15-16-17-18-21-24-39-27-31-25-33(40-28-31)29-41-34(38)36(30(2)37)26-32-22-19-20-23-35(32)3/h19-20,22-23,31,33H,4-18,21,24-29H2,1-3H3/q+1/t31-,33-/m0/s1. The van der Waals surface area contributed by atoms with Gasteiger partial charge in [-0.1, -0.05) is 109 Å². The Balaban J connectivity index is 1.40. The molecule has 1 fully saturated rings. The van der Waals surface area contributed by atoms with Crippen LogP contribution in [0.5, 0.6) is 0 Å². The van der Waals surface area contributed by atoms with E-state index in [-0.39, 0.29) is 25.2 Å². The van der Waals surface area contributed by atoms with Gasteiger partial charge in [0, 0.05) is 31.6 Å². The minimum absolute atomic E-state index is 0.148. The van der Waals surface area contributed by atoms with E-state index in [1.165, 1.54) is 103 Å². The first-order chi connectivity index (χ1) is 20.0. The maximum absolute atomic E-state index is 12.6. The van der Waals surface area contributed by atoms with E-state index >= 15 is 0 Å². The van der Waals surface area contributed by atoms with Crippen LogP contribution >= 0.6 is 0 Å². The molecule has 234 valence electrons. The van der Waals surface area contributed by atoms with Gasteiger partial charge >= 0.3 is 6.09 Å². The van der Waals surface area contributed by atoms with Crippen LogP contribution in [0.3, 0.4) is 0 Å². The van der Waals surface area contributed by atoms with Gasteiger partial charge in [-0.2, -0.15) is 0 Å². The molecule has 0 saturated carbocycles. The van der Waals surface area contributed by atoms with Crippen molar-refractivity contribution >= 4 is 12.0 Å². The average Bonchev–Trinajstić information content (AvgIpc) is 3.42. The van der Waals surface area contributed by atoms with Gasteiger partial charge in [-0.05, 0) is 12.8 Å². The molecule has 7 heteroatoms. The van der Waals surface area contributed by atoms with Crippen molar-refractivity contribution in [3.63, 3.8) is 0 Å². The molecule has 1 aromatic rings. The number of nitrogens with zero attached hydrogens (tertiary/aromatic N) is 2. The fourth-order valence-electron chi connectivity index (χ4n) is 5.45. The summed E-state index contributed by atoms with van der Waals surface area (Å²) in [6, 6.07) is 5.67. The van der Waals surface area contributed by atoms with Gasteiger partial charge in [0.2, 0.25) is 11.6 Å². The Morgan fingerprint density at radius 3 is 2.02 bits per heavy atom. The summed E-state index contributed by atoms with van der Waals surface area (Å²) in [6.45, 7) is 6.10. The fraction of sp³-hybridized carbons (Fsp3) is 0.794. The summed E-state index contributed by atoms with van der Waals surface area (Å²) in [5, 5.41) is 0. The zero-order valence-electron chi connectivity index (χ0n) is 26.5. The van der Waals surface area contributed by atoms with Crippen LogP contribution in [-0.2, 0) is 32.6 Å². The number of aryl methyl sites for hydroxylation is 1. The molecule has 1 aliphatic rings. The maximum atomic E-state index is 12.6. The van der Waals surface area contributed by atoms with Crippen LogP contribution in [-0.4, -0.2) is 49.4 Å². The highest BCUT2D eigenvalue weighted by molar-refractivity contribution is 5.90. The molecule has 2 rings (SSSR count). The molecular weight excluding hydrogens is 516 g/mol. The Morgan fingerprint density at radius 2 is 1.46 bits per heavy atom. The predicted octanol–water partition coefficient (Wildman–Crippen LogP) is 7.68. The summed E-state index contributed by atoms with van der Waals surface area (Å²) < 4.78 is 19.1. The molecule has 0 bridgehead atoms. The highest BCUT2D eigenvalue weighted by atomic mass is 16.6. The number of ether oxygens (including phenoxy) is 3. The molecule has 1 aromatic heterocycles. The fourth-order valence-corrected chi connectivity index (χ4v) is 5.45. The number of carbonyl (C=O) groups excluding carboxylic acids is 2. The Hall–Kier alpha value is -1.99. The molecular formula is C34H59N2O5+. The molecule has 2 heterocycles. The summed E-state index contributed by atoms with van der Waals surface area (Å²) in [5.74, 6) is -0.0152. The number of carbonyl (C=O) groups is 2. The third-order valence-electron chi connectivity index (χ3n) is 8.14. The molecule has 0 unspecified atom stereocenters. The molecule has 7 nitrogen and oxygen atoms in total. The number of rotatable bonds is 23. The van der Waals surface area contributed by atoms with Gasteiger partial charge in [0.1, 0.15) is 20.2 Å². The molecule has 2 atom stereocenters. The Labute approximate surface area is 250 Å². The first kappa shape index (κ1) is 35.2. The zero-order chi connectivity index (χ0) is 29.5. The summed E-state index contributed by atoms with van der Waals surface area (Å²) in [5.41, 5.74) is 0.846. The molecule has 1 saturated heterocycles. The Bertz CT molecular complexity index is 833. The van der Waals surface area contributed by atoms with Crippen molar-refractivity contribution in [3.05, 3.63) is 30.1 Å². The van der Waals surface area contributed by atoms with Crippen LogP contribution in [0.1, 0.15) is 129 Å². The number of aromatic nitrogens is 1. The van der Waals surface area contributed by atoms with Crippen molar-refractivity contribution < 1.29 is 28.4 Å². The number of pyridine rings is 1. The molecule has 0 spiro atoms. The van der Waals surface area contributed by atoms with E-state index in [0.717, 1.165) is 30.0 Å². The van der Waals surface area contributed by atoms with E-state index in [1.54, 1.807) is 0 Å². The van der Waals surface area contributed by atoms with E-state index in [0.29, 0.717) is 19.1 Å². The second-order valence-electron chi connectivity index (χ2n) is 11.9. The van der Waals surface area contributed by atoms with Crippen LogP contribution in [0.4, 0.5) is 4.79 Å². The third-order valence-corrected chi connectivity index (χ3v) is 8.14. The van der Waals surface area contributed by atoms with Crippen molar-refractivity contribution in [1.29, 1.82) is 0 Å². The predicted molar refractivity (Wildman–Crippen MR) is 163 cm³/mol. The van der Waals surface area contributed by atoms with E-state index < -0.39 is 6.09 Å². The van der Waals surface area contributed by atoms with Crippen molar-refractivity contribution in [2.45, 2.75) is 136 Å². The lowest BCUT2D eigenvalue weighted by Gasteiger charge is -2.19. The maximum Gasteiger partial charge on any atom is 0.417 e. The molecule has 0 aromatic carbocycles. The van der Waals surface area contributed by atoms with Crippen LogP contribution in [0.2, 0.25) is 0 Å². The molecule has 0 aliphatic carbocycles. The zero-order valence-corrected chi connectivity index (χ0v) is 26.5. The summed E-state index contributed by atoms with van der Waals surface area (Å²) in [7, 11) is 1.88. The minimum atomic E-state index is -0.631. The summed E-state index contributed by atoms with van der Waals surface area (Å²) >= 11 is 0. The first-order valence-corrected chi connectivity index (χ1v) is 16.6. The SMILES string of the molecule is CCCCCCCCCCCCCCCCCCOC[C@H]1CO[C@H](COC(=O)N(Cc2cccc[n+]2C)C(C)=O)C1. The van der Waals surface area contributed by atoms with Crippen LogP contribution < -0.4 is 4.57 Å². The highest BCUT2D eigenvalue weighted by Gasteiger charge is 2.29. The second-order valence-corrected chi connectivity index (χ2v) is 11.9. The first-order valence-electron chi connectivity index (χ1n) is 16.6. The number of hydrogen-bond donors (Lipinski definition) is 0. The highest BCUT2D eigenvalue weighted by Crippen LogP contribution is 2.21. The third kappa shape index (κ3) is 16.3. The van der Waals surface area contributed by atoms with Crippen molar-refractivity contribution in [2.24, 2.45) is 13.0 Å². The van der Waals surface area contributed by atoms with Gasteiger partial charge in [0.15, 0.2) is 6.20 Å². The molecule has 41 heavy (non-hydrogen) atoms. The number of amides is 2. The molecule has 0 radical (unpaired) electrons. The van der Waals surface area contributed by atoms with Gasteiger partial charge in [-0.3, -0.25) is 4.79 Å². The van der Waals surface area contributed by atoms with E-state index in [2.05, 4.69) is 6.92 Å². The normalized spacial score (nSPS) is 16.7. The van der Waals surface area contributed by atoms with Crippen LogP contribution in [0.15, 0.2) is 24.4 Å². The lowest BCUT2D eigenvalue weighted by Crippen LogP contribution is -2.42.